The van der Waals surface area contributed by atoms with E-state index in [1.54, 1.807) is 6.07 Å². The quantitative estimate of drug-likeness (QED) is 0.689. The second-order valence-corrected chi connectivity index (χ2v) is 3.40. The summed E-state index contributed by atoms with van der Waals surface area (Å²) in [6.07, 6.45) is 1.06. The van der Waals surface area contributed by atoms with Crippen LogP contribution < -0.4 is 5.32 Å². The van der Waals surface area contributed by atoms with E-state index >= 15 is 0 Å². The van der Waals surface area contributed by atoms with E-state index in [0.717, 1.165) is 25.1 Å². The number of aromatic hydroxyl groups is 1. The predicted octanol–water partition coefficient (Wildman–Crippen LogP) is 1.61. The van der Waals surface area contributed by atoms with Gasteiger partial charge in [-0.2, -0.15) is 0 Å². The first-order chi connectivity index (χ1) is 6.27. The number of rotatable bonds is 1. The molecule has 2 rings (SSSR count). The normalized spacial score (nSPS) is 22.1. The zero-order valence-electron chi connectivity index (χ0n) is 7.26. The molecule has 0 saturated carbocycles. The van der Waals surface area contributed by atoms with Crippen LogP contribution in [0.3, 0.4) is 0 Å². The summed E-state index contributed by atoms with van der Waals surface area (Å²) in [6.45, 7) is 1.92. The van der Waals surface area contributed by atoms with Gasteiger partial charge in [-0.15, -0.1) is 0 Å². The molecule has 1 aliphatic heterocycles. The summed E-state index contributed by atoms with van der Waals surface area (Å²) in [5.74, 6) is -0.370. The van der Waals surface area contributed by atoms with Crippen LogP contribution in [0.1, 0.15) is 17.9 Å². The number of hydrogen-bond donors (Lipinski definition) is 2. The first kappa shape index (κ1) is 8.51. The van der Waals surface area contributed by atoms with Crippen molar-refractivity contribution in [2.45, 2.75) is 12.3 Å². The van der Waals surface area contributed by atoms with Gasteiger partial charge in [0.1, 0.15) is 0 Å². The molecule has 0 amide bonds. The second kappa shape index (κ2) is 3.34. The molecule has 2 N–H and O–H groups in total. The summed E-state index contributed by atoms with van der Waals surface area (Å²) < 4.78 is 12.7. The molecule has 70 valence electrons. The van der Waals surface area contributed by atoms with Crippen LogP contribution in [0.4, 0.5) is 4.39 Å². The highest BCUT2D eigenvalue weighted by Crippen LogP contribution is 2.26. The van der Waals surface area contributed by atoms with E-state index in [1.807, 2.05) is 0 Å². The van der Waals surface area contributed by atoms with Crippen LogP contribution in [0.15, 0.2) is 18.2 Å². The van der Waals surface area contributed by atoms with Gasteiger partial charge >= 0.3 is 0 Å². The van der Waals surface area contributed by atoms with E-state index in [4.69, 9.17) is 5.11 Å². The first-order valence-corrected chi connectivity index (χ1v) is 4.46. The van der Waals surface area contributed by atoms with Gasteiger partial charge in [-0.3, -0.25) is 0 Å². The van der Waals surface area contributed by atoms with E-state index in [9.17, 15) is 4.39 Å². The molecule has 1 unspecified atom stereocenters. The number of phenols is 1. The number of phenolic OH excluding ortho intramolecular Hbond substituents is 1. The monoisotopic (exact) mass is 181 g/mol. The van der Waals surface area contributed by atoms with Crippen molar-refractivity contribution in [1.82, 2.24) is 5.32 Å². The molecule has 1 atom stereocenters. The molecule has 1 aliphatic rings. The lowest BCUT2D eigenvalue weighted by Crippen LogP contribution is -2.07. The molecular weight excluding hydrogens is 169 g/mol. The van der Waals surface area contributed by atoms with Gasteiger partial charge in [-0.1, -0.05) is 6.07 Å². The number of nitrogens with one attached hydrogen (secondary N) is 1. The van der Waals surface area contributed by atoms with Gasteiger partial charge in [0.25, 0.3) is 0 Å². The van der Waals surface area contributed by atoms with Crippen molar-refractivity contribution in [3.05, 3.63) is 29.6 Å². The van der Waals surface area contributed by atoms with Crippen molar-refractivity contribution in [3.8, 4) is 5.75 Å². The Morgan fingerprint density at radius 2 is 2.31 bits per heavy atom. The van der Waals surface area contributed by atoms with Gasteiger partial charge in [0.05, 0.1) is 0 Å². The average molecular weight is 181 g/mol. The Bertz CT molecular complexity index is 308. The second-order valence-electron chi connectivity index (χ2n) is 3.40. The standard InChI is InChI=1S/C10H12FNO/c11-9-2-1-7(5-10(9)13)8-3-4-12-6-8/h1-2,5,8,12-13H,3-4,6H2. The van der Waals surface area contributed by atoms with Crippen molar-refractivity contribution >= 4 is 0 Å². The zero-order valence-corrected chi connectivity index (χ0v) is 7.26. The minimum absolute atomic E-state index is 0.246. The van der Waals surface area contributed by atoms with E-state index < -0.39 is 5.82 Å². The Balaban J connectivity index is 2.25. The van der Waals surface area contributed by atoms with Crippen LogP contribution in [0.2, 0.25) is 0 Å². The molecule has 1 heterocycles. The summed E-state index contributed by atoms with van der Waals surface area (Å²) in [7, 11) is 0. The summed E-state index contributed by atoms with van der Waals surface area (Å²) in [6, 6.07) is 4.59. The fourth-order valence-corrected chi connectivity index (χ4v) is 1.72. The number of hydrogen-bond acceptors (Lipinski definition) is 2. The molecule has 0 bridgehead atoms. The molecule has 0 spiro atoms. The number of halogens is 1. The van der Waals surface area contributed by atoms with Crippen LogP contribution >= 0.6 is 0 Å². The topological polar surface area (TPSA) is 32.3 Å². The molecule has 2 nitrogen and oxygen atoms in total. The molecular formula is C10H12FNO. The van der Waals surface area contributed by atoms with Gasteiger partial charge in [0.15, 0.2) is 11.6 Å². The van der Waals surface area contributed by atoms with Gasteiger partial charge in [-0.05, 0) is 36.6 Å². The minimum atomic E-state index is -0.547. The van der Waals surface area contributed by atoms with Gasteiger partial charge in [0.2, 0.25) is 0 Å². The van der Waals surface area contributed by atoms with Crippen molar-refractivity contribution in [3.63, 3.8) is 0 Å². The highest BCUT2D eigenvalue weighted by molar-refractivity contribution is 5.31. The third kappa shape index (κ3) is 1.65. The summed E-state index contributed by atoms with van der Waals surface area (Å²) in [4.78, 5) is 0. The summed E-state index contributed by atoms with van der Waals surface area (Å²) in [5, 5.41) is 12.4. The maximum Gasteiger partial charge on any atom is 0.164 e. The summed E-state index contributed by atoms with van der Waals surface area (Å²) >= 11 is 0. The van der Waals surface area contributed by atoms with E-state index in [0.29, 0.717) is 5.92 Å². The highest BCUT2D eigenvalue weighted by Gasteiger charge is 2.17. The van der Waals surface area contributed by atoms with Crippen LogP contribution in [-0.2, 0) is 0 Å². The molecule has 3 heteroatoms. The lowest BCUT2D eigenvalue weighted by molar-refractivity contribution is 0.431. The molecule has 0 aliphatic carbocycles. The third-order valence-corrected chi connectivity index (χ3v) is 2.50. The smallest absolute Gasteiger partial charge is 0.164 e. The average Bonchev–Trinajstić information content (AvgIpc) is 2.62. The Kier molecular flexibility index (Phi) is 2.19. The van der Waals surface area contributed by atoms with Crippen LogP contribution in [0, 0.1) is 5.82 Å². The molecule has 1 aromatic carbocycles. The predicted molar refractivity (Wildman–Crippen MR) is 48.3 cm³/mol. The SMILES string of the molecule is Oc1cc(C2CCNC2)ccc1F. The van der Waals surface area contributed by atoms with Crippen molar-refractivity contribution < 1.29 is 9.50 Å². The van der Waals surface area contributed by atoms with Gasteiger partial charge in [-0.25, -0.2) is 4.39 Å². The largest absolute Gasteiger partial charge is 0.505 e. The Labute approximate surface area is 76.4 Å². The minimum Gasteiger partial charge on any atom is -0.505 e. The molecule has 1 saturated heterocycles. The van der Waals surface area contributed by atoms with E-state index in [1.165, 1.54) is 12.1 Å². The fourth-order valence-electron chi connectivity index (χ4n) is 1.72. The third-order valence-electron chi connectivity index (χ3n) is 2.50. The number of benzene rings is 1. The van der Waals surface area contributed by atoms with E-state index in [-0.39, 0.29) is 5.75 Å². The lowest BCUT2D eigenvalue weighted by Gasteiger charge is -2.08. The van der Waals surface area contributed by atoms with Crippen molar-refractivity contribution in [2.75, 3.05) is 13.1 Å². The maximum atomic E-state index is 12.7. The first-order valence-electron chi connectivity index (χ1n) is 4.46. The van der Waals surface area contributed by atoms with E-state index in [2.05, 4.69) is 5.32 Å². The lowest BCUT2D eigenvalue weighted by atomic mass is 9.98. The van der Waals surface area contributed by atoms with Crippen LogP contribution in [-0.4, -0.2) is 18.2 Å². The molecule has 13 heavy (non-hydrogen) atoms. The van der Waals surface area contributed by atoms with Crippen LogP contribution in [0.5, 0.6) is 5.75 Å². The molecule has 0 radical (unpaired) electrons. The Hall–Kier alpha value is -1.09. The van der Waals surface area contributed by atoms with Crippen LogP contribution in [0.25, 0.3) is 0 Å². The maximum absolute atomic E-state index is 12.7. The Morgan fingerprint density at radius 3 is 2.92 bits per heavy atom. The Morgan fingerprint density at radius 1 is 1.46 bits per heavy atom. The van der Waals surface area contributed by atoms with Crippen molar-refractivity contribution in [2.24, 2.45) is 0 Å². The zero-order chi connectivity index (χ0) is 9.26. The van der Waals surface area contributed by atoms with Crippen molar-refractivity contribution in [1.29, 1.82) is 0 Å². The van der Waals surface area contributed by atoms with Gasteiger partial charge < -0.3 is 10.4 Å². The fraction of sp³-hybridized carbons (Fsp3) is 0.400. The molecule has 1 aromatic rings. The van der Waals surface area contributed by atoms with Gasteiger partial charge in [0, 0.05) is 6.54 Å². The molecule has 0 aromatic heterocycles. The highest BCUT2D eigenvalue weighted by atomic mass is 19.1. The molecule has 1 fully saturated rings. The summed E-state index contributed by atoms with van der Waals surface area (Å²) in [5.41, 5.74) is 1.02.